The number of rotatable bonds is 1. The second-order valence-corrected chi connectivity index (χ2v) is 4.64. The number of nitrogens with two attached hydrogens (primary N) is 1. The van der Waals surface area contributed by atoms with E-state index in [1.807, 2.05) is 18.2 Å². The first-order valence-electron chi connectivity index (χ1n) is 5.20. The number of hydrogen-bond acceptors (Lipinski definition) is 3. The molecule has 1 aliphatic heterocycles. The fourth-order valence-corrected chi connectivity index (χ4v) is 2.15. The van der Waals surface area contributed by atoms with Gasteiger partial charge in [-0.15, -0.1) is 0 Å². The standard InChI is InChI=1S/C11H12ClN3O/c12-7-1-2-8-9(5-7)15-10(14-8)11(13)3-4-16-6-11/h1-2,5H,3-4,6,13H2,(H,14,15). The lowest BCUT2D eigenvalue weighted by Crippen LogP contribution is -2.38. The lowest BCUT2D eigenvalue weighted by atomic mass is 10.00. The van der Waals surface area contributed by atoms with Crippen molar-refractivity contribution in [1.82, 2.24) is 9.97 Å². The summed E-state index contributed by atoms with van der Waals surface area (Å²) in [5.74, 6) is 0.780. The number of ether oxygens (including phenoxy) is 1. The Balaban J connectivity index is 2.11. The van der Waals surface area contributed by atoms with E-state index in [0.717, 1.165) is 23.3 Å². The molecule has 2 heterocycles. The zero-order valence-corrected chi connectivity index (χ0v) is 9.42. The second-order valence-electron chi connectivity index (χ2n) is 4.21. The van der Waals surface area contributed by atoms with E-state index in [1.165, 1.54) is 0 Å². The Hall–Kier alpha value is -1.10. The van der Waals surface area contributed by atoms with Crippen LogP contribution in [0.25, 0.3) is 11.0 Å². The highest BCUT2D eigenvalue weighted by Gasteiger charge is 2.35. The molecule has 1 aliphatic rings. The zero-order valence-electron chi connectivity index (χ0n) is 8.66. The van der Waals surface area contributed by atoms with Gasteiger partial charge in [-0.05, 0) is 24.6 Å². The van der Waals surface area contributed by atoms with Crippen molar-refractivity contribution in [3.8, 4) is 0 Å². The van der Waals surface area contributed by atoms with Crippen LogP contribution in [0.2, 0.25) is 5.02 Å². The molecule has 84 valence electrons. The summed E-state index contributed by atoms with van der Waals surface area (Å²) in [5, 5.41) is 0.680. The van der Waals surface area contributed by atoms with Crippen LogP contribution in [-0.2, 0) is 10.3 Å². The molecule has 1 fully saturated rings. The first kappa shape index (κ1) is 10.1. The van der Waals surface area contributed by atoms with Crippen molar-refractivity contribution in [1.29, 1.82) is 0 Å². The molecule has 0 spiro atoms. The van der Waals surface area contributed by atoms with Crippen LogP contribution in [0.1, 0.15) is 12.2 Å². The number of imidazole rings is 1. The van der Waals surface area contributed by atoms with Gasteiger partial charge in [0.05, 0.1) is 17.6 Å². The van der Waals surface area contributed by atoms with Crippen LogP contribution in [0, 0.1) is 0 Å². The van der Waals surface area contributed by atoms with Crippen molar-refractivity contribution in [2.24, 2.45) is 5.73 Å². The largest absolute Gasteiger partial charge is 0.379 e. The number of aromatic nitrogens is 2. The molecule has 3 N–H and O–H groups in total. The van der Waals surface area contributed by atoms with E-state index in [9.17, 15) is 0 Å². The Labute approximate surface area is 97.8 Å². The minimum atomic E-state index is -0.481. The van der Waals surface area contributed by atoms with Crippen molar-refractivity contribution in [3.05, 3.63) is 29.0 Å². The van der Waals surface area contributed by atoms with E-state index < -0.39 is 5.54 Å². The van der Waals surface area contributed by atoms with Crippen molar-refractivity contribution in [2.75, 3.05) is 13.2 Å². The summed E-state index contributed by atoms with van der Waals surface area (Å²) in [6.45, 7) is 1.20. The molecule has 0 radical (unpaired) electrons. The predicted molar refractivity (Wildman–Crippen MR) is 62.4 cm³/mol. The van der Waals surface area contributed by atoms with E-state index in [2.05, 4.69) is 9.97 Å². The van der Waals surface area contributed by atoms with Crippen LogP contribution in [-0.4, -0.2) is 23.2 Å². The molecule has 0 saturated carbocycles. The maximum Gasteiger partial charge on any atom is 0.129 e. The molecule has 2 aromatic rings. The van der Waals surface area contributed by atoms with Crippen molar-refractivity contribution >= 4 is 22.6 Å². The van der Waals surface area contributed by atoms with E-state index in [4.69, 9.17) is 22.1 Å². The minimum Gasteiger partial charge on any atom is -0.379 e. The summed E-state index contributed by atoms with van der Waals surface area (Å²) in [4.78, 5) is 7.71. The molecule has 4 nitrogen and oxygen atoms in total. The molecule has 1 saturated heterocycles. The van der Waals surface area contributed by atoms with Gasteiger partial charge in [0.1, 0.15) is 11.4 Å². The molecule has 1 aromatic carbocycles. The molecule has 0 bridgehead atoms. The number of aromatic amines is 1. The molecule has 0 aliphatic carbocycles. The summed E-state index contributed by atoms with van der Waals surface area (Å²) in [6, 6.07) is 5.57. The Bertz CT molecular complexity index is 531. The Morgan fingerprint density at radius 2 is 2.38 bits per heavy atom. The molecule has 5 heteroatoms. The third-order valence-corrected chi connectivity index (χ3v) is 3.20. The van der Waals surface area contributed by atoms with Crippen LogP contribution < -0.4 is 5.73 Å². The fourth-order valence-electron chi connectivity index (χ4n) is 1.98. The molecular weight excluding hydrogens is 226 g/mol. The topological polar surface area (TPSA) is 63.9 Å². The summed E-state index contributed by atoms with van der Waals surface area (Å²) in [6.07, 6.45) is 0.792. The zero-order chi connectivity index (χ0) is 11.2. The smallest absolute Gasteiger partial charge is 0.129 e. The molecule has 16 heavy (non-hydrogen) atoms. The van der Waals surface area contributed by atoms with E-state index in [0.29, 0.717) is 18.2 Å². The van der Waals surface area contributed by atoms with Gasteiger partial charge in [0.15, 0.2) is 0 Å². The Kier molecular flexibility index (Phi) is 2.17. The number of benzene rings is 1. The first-order valence-corrected chi connectivity index (χ1v) is 5.58. The Morgan fingerprint density at radius 1 is 1.50 bits per heavy atom. The maximum atomic E-state index is 6.23. The average Bonchev–Trinajstić information content (AvgIpc) is 2.84. The average molecular weight is 238 g/mol. The van der Waals surface area contributed by atoms with Gasteiger partial charge in [-0.3, -0.25) is 0 Å². The van der Waals surface area contributed by atoms with Crippen LogP contribution >= 0.6 is 11.6 Å². The quantitative estimate of drug-likeness (QED) is 0.795. The molecule has 3 rings (SSSR count). The minimum absolute atomic E-state index is 0.481. The summed E-state index contributed by atoms with van der Waals surface area (Å²) in [7, 11) is 0. The highest BCUT2D eigenvalue weighted by molar-refractivity contribution is 6.31. The molecular formula is C11H12ClN3O. The highest BCUT2D eigenvalue weighted by Crippen LogP contribution is 2.27. The number of nitrogens with one attached hydrogen (secondary N) is 1. The summed E-state index contributed by atoms with van der Waals surface area (Å²) >= 11 is 5.91. The third-order valence-electron chi connectivity index (χ3n) is 2.97. The maximum absolute atomic E-state index is 6.23. The number of hydrogen-bond donors (Lipinski definition) is 2. The predicted octanol–water partition coefficient (Wildman–Crippen LogP) is 1.79. The lowest BCUT2D eigenvalue weighted by Gasteiger charge is -2.17. The summed E-state index contributed by atoms with van der Waals surface area (Å²) in [5.41, 5.74) is 7.55. The van der Waals surface area contributed by atoms with Gasteiger partial charge in [0, 0.05) is 11.6 Å². The van der Waals surface area contributed by atoms with Gasteiger partial charge in [0.2, 0.25) is 0 Å². The van der Waals surface area contributed by atoms with Gasteiger partial charge in [-0.25, -0.2) is 4.98 Å². The fraction of sp³-hybridized carbons (Fsp3) is 0.364. The van der Waals surface area contributed by atoms with Crippen LogP contribution in [0.3, 0.4) is 0 Å². The SMILES string of the molecule is NC1(c2nc3cc(Cl)ccc3[nH]2)CCOC1. The number of H-pyrrole nitrogens is 1. The van der Waals surface area contributed by atoms with Gasteiger partial charge < -0.3 is 15.5 Å². The van der Waals surface area contributed by atoms with Crippen LogP contribution in [0.15, 0.2) is 18.2 Å². The van der Waals surface area contributed by atoms with Crippen LogP contribution in [0.4, 0.5) is 0 Å². The third kappa shape index (κ3) is 1.50. The van der Waals surface area contributed by atoms with Crippen molar-refractivity contribution in [3.63, 3.8) is 0 Å². The molecule has 1 atom stereocenters. The molecule has 1 aromatic heterocycles. The Morgan fingerprint density at radius 3 is 3.12 bits per heavy atom. The van der Waals surface area contributed by atoms with Gasteiger partial charge in [-0.1, -0.05) is 11.6 Å². The van der Waals surface area contributed by atoms with Gasteiger partial charge >= 0.3 is 0 Å². The number of nitrogens with zero attached hydrogens (tertiary/aromatic N) is 1. The highest BCUT2D eigenvalue weighted by atomic mass is 35.5. The number of halogens is 1. The first-order chi connectivity index (χ1) is 7.67. The summed E-state index contributed by atoms with van der Waals surface area (Å²) < 4.78 is 5.32. The van der Waals surface area contributed by atoms with Crippen molar-refractivity contribution in [2.45, 2.75) is 12.0 Å². The second kappa shape index (κ2) is 3.45. The molecule has 0 amide bonds. The van der Waals surface area contributed by atoms with Crippen molar-refractivity contribution < 1.29 is 4.74 Å². The van der Waals surface area contributed by atoms with Gasteiger partial charge in [0.25, 0.3) is 0 Å². The monoisotopic (exact) mass is 237 g/mol. The van der Waals surface area contributed by atoms with Gasteiger partial charge in [-0.2, -0.15) is 0 Å². The van der Waals surface area contributed by atoms with Crippen LogP contribution in [0.5, 0.6) is 0 Å². The normalized spacial score (nSPS) is 25.4. The van der Waals surface area contributed by atoms with E-state index in [-0.39, 0.29) is 0 Å². The lowest BCUT2D eigenvalue weighted by molar-refractivity contribution is 0.176. The molecule has 1 unspecified atom stereocenters. The van der Waals surface area contributed by atoms with E-state index >= 15 is 0 Å². The van der Waals surface area contributed by atoms with E-state index in [1.54, 1.807) is 0 Å². The number of fused-ring (bicyclic) bond motifs is 1.